The van der Waals surface area contributed by atoms with E-state index in [1.54, 1.807) is 12.3 Å². The number of nitrogens with one attached hydrogen (secondary N) is 2. The van der Waals surface area contributed by atoms with Crippen LogP contribution in [-0.4, -0.2) is 60.4 Å². The van der Waals surface area contributed by atoms with E-state index in [4.69, 9.17) is 19.2 Å². The molecule has 1 aliphatic heterocycles. The monoisotopic (exact) mass is 511 g/mol. The number of carbonyl (C=O) groups is 1. The van der Waals surface area contributed by atoms with Gasteiger partial charge in [0, 0.05) is 30.2 Å². The van der Waals surface area contributed by atoms with Crippen molar-refractivity contribution in [2.24, 2.45) is 0 Å². The molecule has 9 nitrogen and oxygen atoms in total. The summed E-state index contributed by atoms with van der Waals surface area (Å²) >= 11 is 0. The van der Waals surface area contributed by atoms with Gasteiger partial charge in [-0.2, -0.15) is 0 Å². The fourth-order valence-corrected chi connectivity index (χ4v) is 4.47. The zero-order valence-electron chi connectivity index (χ0n) is 20.5. The van der Waals surface area contributed by atoms with Crippen molar-refractivity contribution in [2.75, 3.05) is 32.8 Å². The number of fused-ring (bicyclic) bond motifs is 1. The normalized spacial score (nSPS) is 19.4. The average Bonchev–Trinajstić information content (AvgIpc) is 3.75. The minimum absolute atomic E-state index is 0.110. The third-order valence-corrected chi connectivity index (χ3v) is 6.57. The smallest absolute Gasteiger partial charge is 0.243 e. The van der Waals surface area contributed by atoms with Gasteiger partial charge in [0.05, 0.1) is 55.4 Å². The van der Waals surface area contributed by atoms with E-state index in [0.717, 1.165) is 18.9 Å². The minimum atomic E-state index is -0.862. The molecule has 194 valence electrons. The summed E-state index contributed by atoms with van der Waals surface area (Å²) in [7, 11) is 2.60. The molecule has 3 aromatic rings. The number of pyridine rings is 1. The van der Waals surface area contributed by atoms with Gasteiger partial charge in [-0.3, -0.25) is 9.78 Å². The molecule has 1 amide bonds. The molecule has 3 heterocycles. The summed E-state index contributed by atoms with van der Waals surface area (Å²) in [6, 6.07) is 2.29. The summed E-state index contributed by atoms with van der Waals surface area (Å²) in [5, 5.41) is 6.76. The summed E-state index contributed by atoms with van der Waals surface area (Å²) < 4.78 is 46.2. The van der Waals surface area contributed by atoms with Gasteiger partial charge >= 0.3 is 0 Å². The van der Waals surface area contributed by atoms with Crippen molar-refractivity contribution in [3.63, 3.8) is 0 Å². The number of anilines is 1. The van der Waals surface area contributed by atoms with Crippen LogP contribution in [0, 0.1) is 11.6 Å². The van der Waals surface area contributed by atoms with E-state index in [1.165, 1.54) is 20.3 Å². The third-order valence-electron chi connectivity index (χ3n) is 6.57. The number of hydrogen-bond acceptors (Lipinski definition) is 8. The second-order valence-corrected chi connectivity index (χ2v) is 9.02. The highest BCUT2D eigenvalue weighted by Gasteiger charge is 2.31. The number of halogens is 2. The predicted molar refractivity (Wildman–Crippen MR) is 133 cm³/mol. The largest absolute Gasteiger partial charge is 0.494 e. The van der Waals surface area contributed by atoms with Crippen LogP contribution in [0.1, 0.15) is 30.9 Å². The Bertz CT molecular complexity index is 1340. The van der Waals surface area contributed by atoms with Crippen LogP contribution in [0.4, 0.5) is 14.7 Å². The molecule has 2 aromatic heterocycles. The number of aromatic nitrogens is 3. The Morgan fingerprint density at radius 3 is 2.49 bits per heavy atom. The van der Waals surface area contributed by atoms with Gasteiger partial charge in [-0.05, 0) is 31.4 Å². The first-order valence-corrected chi connectivity index (χ1v) is 12.0. The molecule has 1 saturated carbocycles. The molecular formula is C26H27F2N5O4. The standard InChI is InChI=1S/C26H27F2N5O4/c1-4-20(34)30-15-7-8-37-12-17(15)32-26-29-11-14-9-16(31-24(13-5-6-13)25(14)33-26)21-22(27)18(35-2)10-19(36-3)23(21)28/h4,9-11,13,15,17H,1,5-8,12H2,2-3H3,(H,30,34)(H,29,32,33)/t15-,17+/m0/s1. The van der Waals surface area contributed by atoms with Crippen LogP contribution >= 0.6 is 0 Å². The lowest BCUT2D eigenvalue weighted by Gasteiger charge is -2.32. The van der Waals surface area contributed by atoms with Gasteiger partial charge in [0.1, 0.15) is 0 Å². The van der Waals surface area contributed by atoms with Crippen molar-refractivity contribution < 1.29 is 27.8 Å². The van der Waals surface area contributed by atoms with Crippen LogP contribution in [0.15, 0.2) is 31.0 Å². The third kappa shape index (κ3) is 4.91. The molecule has 0 radical (unpaired) electrons. The fourth-order valence-electron chi connectivity index (χ4n) is 4.47. The fraction of sp³-hybridized carbons (Fsp3) is 0.385. The van der Waals surface area contributed by atoms with Crippen LogP contribution in [-0.2, 0) is 9.53 Å². The SMILES string of the molecule is C=CC(=O)N[C@H]1CCOC[C@H]1Nc1ncc2cc(-c3c(F)c(OC)cc(OC)c3F)nc(C3CC3)c2n1. The van der Waals surface area contributed by atoms with E-state index in [2.05, 4.69) is 27.2 Å². The van der Waals surface area contributed by atoms with Gasteiger partial charge in [-0.25, -0.2) is 18.7 Å². The molecule has 0 spiro atoms. The molecule has 2 N–H and O–H groups in total. The van der Waals surface area contributed by atoms with Crippen molar-refractivity contribution in [2.45, 2.75) is 37.3 Å². The topological polar surface area (TPSA) is 107 Å². The van der Waals surface area contributed by atoms with E-state index in [-0.39, 0.29) is 46.7 Å². The molecule has 2 fully saturated rings. The number of benzene rings is 1. The maximum atomic E-state index is 15.2. The molecule has 2 atom stereocenters. The zero-order valence-corrected chi connectivity index (χ0v) is 20.5. The maximum Gasteiger partial charge on any atom is 0.243 e. The van der Waals surface area contributed by atoms with Crippen LogP contribution in [0.25, 0.3) is 22.2 Å². The van der Waals surface area contributed by atoms with Crippen molar-refractivity contribution in [1.29, 1.82) is 0 Å². The van der Waals surface area contributed by atoms with Crippen molar-refractivity contribution in [1.82, 2.24) is 20.3 Å². The van der Waals surface area contributed by atoms with Crippen molar-refractivity contribution >= 4 is 22.8 Å². The zero-order chi connectivity index (χ0) is 26.1. The molecular weight excluding hydrogens is 484 g/mol. The second-order valence-electron chi connectivity index (χ2n) is 9.02. The average molecular weight is 512 g/mol. The number of ether oxygens (including phenoxy) is 3. The molecule has 1 aromatic carbocycles. The molecule has 1 aliphatic carbocycles. The van der Waals surface area contributed by atoms with Crippen LogP contribution < -0.4 is 20.1 Å². The maximum absolute atomic E-state index is 15.2. The molecule has 5 rings (SSSR count). The second kappa shape index (κ2) is 10.3. The van der Waals surface area contributed by atoms with E-state index in [0.29, 0.717) is 42.2 Å². The molecule has 0 unspecified atom stereocenters. The van der Waals surface area contributed by atoms with Gasteiger partial charge < -0.3 is 24.8 Å². The van der Waals surface area contributed by atoms with Crippen LogP contribution in [0.3, 0.4) is 0 Å². The van der Waals surface area contributed by atoms with Crippen molar-refractivity contribution in [3.05, 3.63) is 48.3 Å². The number of carbonyl (C=O) groups excluding carboxylic acids is 1. The predicted octanol–water partition coefficient (Wildman–Crippen LogP) is 3.74. The number of hydrogen-bond donors (Lipinski definition) is 2. The van der Waals surface area contributed by atoms with E-state index in [1.807, 2.05) is 0 Å². The Morgan fingerprint density at radius 1 is 1.11 bits per heavy atom. The lowest BCUT2D eigenvalue weighted by molar-refractivity contribution is -0.117. The Morgan fingerprint density at radius 2 is 1.84 bits per heavy atom. The van der Waals surface area contributed by atoms with Gasteiger partial charge in [-0.15, -0.1) is 0 Å². The highest BCUT2D eigenvalue weighted by molar-refractivity contribution is 5.87. The summed E-state index contributed by atoms with van der Waals surface area (Å²) in [5.74, 6) is -1.81. The van der Waals surface area contributed by atoms with Crippen LogP contribution in [0.5, 0.6) is 11.5 Å². The molecule has 37 heavy (non-hydrogen) atoms. The number of methoxy groups -OCH3 is 2. The Balaban J connectivity index is 1.54. The number of nitrogens with zero attached hydrogens (tertiary/aromatic N) is 3. The summed E-state index contributed by atoms with van der Waals surface area (Å²) in [6.07, 6.45) is 5.25. The number of rotatable bonds is 8. The quantitative estimate of drug-likeness (QED) is 0.441. The Hall–Kier alpha value is -3.86. The van der Waals surface area contributed by atoms with Crippen molar-refractivity contribution in [3.8, 4) is 22.8 Å². The summed E-state index contributed by atoms with van der Waals surface area (Å²) in [6.45, 7) is 4.40. The number of amides is 1. The summed E-state index contributed by atoms with van der Waals surface area (Å²) in [4.78, 5) is 25.6. The first-order chi connectivity index (χ1) is 17.9. The van der Waals surface area contributed by atoms with Gasteiger partial charge in [0.25, 0.3) is 0 Å². The lowest BCUT2D eigenvalue weighted by atomic mass is 10.0. The highest BCUT2D eigenvalue weighted by Crippen LogP contribution is 2.44. The van der Waals surface area contributed by atoms with E-state index in [9.17, 15) is 4.79 Å². The highest BCUT2D eigenvalue weighted by atomic mass is 19.1. The van der Waals surface area contributed by atoms with Gasteiger partial charge in [0.2, 0.25) is 11.9 Å². The Labute approximate surface area is 212 Å². The Kier molecular flexibility index (Phi) is 6.88. The lowest BCUT2D eigenvalue weighted by Crippen LogP contribution is -2.52. The molecule has 11 heteroatoms. The molecule has 2 aliphatic rings. The first kappa shape index (κ1) is 24.8. The van der Waals surface area contributed by atoms with E-state index >= 15 is 8.78 Å². The van der Waals surface area contributed by atoms with Gasteiger partial charge in [0.15, 0.2) is 23.1 Å². The first-order valence-electron chi connectivity index (χ1n) is 12.0. The van der Waals surface area contributed by atoms with Crippen LogP contribution in [0.2, 0.25) is 0 Å². The van der Waals surface area contributed by atoms with Gasteiger partial charge in [-0.1, -0.05) is 6.58 Å². The molecule has 1 saturated heterocycles. The minimum Gasteiger partial charge on any atom is -0.494 e. The van der Waals surface area contributed by atoms with E-state index < -0.39 is 11.6 Å². The molecule has 0 bridgehead atoms. The summed E-state index contributed by atoms with van der Waals surface area (Å²) in [5.41, 5.74) is 1.03.